The lowest BCUT2D eigenvalue weighted by Crippen LogP contribution is -2.34. The molecule has 7 heteroatoms. The second-order valence-electron chi connectivity index (χ2n) is 7.00. The number of ether oxygens (including phenoxy) is 1. The maximum Gasteiger partial charge on any atom is 0.256 e. The summed E-state index contributed by atoms with van der Waals surface area (Å²) in [5, 5.41) is 7.32. The normalized spacial score (nSPS) is 15.0. The molecule has 1 aliphatic rings. The van der Waals surface area contributed by atoms with Crippen molar-refractivity contribution in [2.75, 3.05) is 7.11 Å². The molecule has 0 saturated heterocycles. The van der Waals surface area contributed by atoms with Crippen LogP contribution < -0.4 is 10.1 Å². The van der Waals surface area contributed by atoms with E-state index >= 15 is 0 Å². The number of para-hydroxylation sites is 1. The second-order valence-corrected chi connectivity index (χ2v) is 7.00. The van der Waals surface area contributed by atoms with Gasteiger partial charge in [-0.15, -0.1) is 0 Å². The maximum absolute atomic E-state index is 14.1. The summed E-state index contributed by atoms with van der Waals surface area (Å²) in [7, 11) is 1.42. The molecule has 3 aromatic rings. The SMILES string of the molecule is COc1c(F)cccc1-c1cc(C)n2ncc(C(=O)NC(C)C3CC3)c2n1. The second kappa shape index (κ2) is 6.64. The van der Waals surface area contributed by atoms with Gasteiger partial charge in [-0.1, -0.05) is 6.07 Å². The number of nitrogens with zero attached hydrogens (tertiary/aromatic N) is 3. The van der Waals surface area contributed by atoms with Crippen LogP contribution in [0.5, 0.6) is 5.75 Å². The van der Waals surface area contributed by atoms with E-state index in [0.29, 0.717) is 28.4 Å². The number of aryl methyl sites for hydroxylation is 1. The molecule has 1 saturated carbocycles. The van der Waals surface area contributed by atoms with Gasteiger partial charge in [0.15, 0.2) is 17.2 Å². The van der Waals surface area contributed by atoms with E-state index in [9.17, 15) is 9.18 Å². The fourth-order valence-corrected chi connectivity index (χ4v) is 3.33. The monoisotopic (exact) mass is 368 g/mol. The number of carbonyl (C=O) groups is 1. The number of aromatic nitrogens is 3. The van der Waals surface area contributed by atoms with Gasteiger partial charge in [0.05, 0.1) is 19.0 Å². The van der Waals surface area contributed by atoms with E-state index < -0.39 is 5.82 Å². The van der Waals surface area contributed by atoms with E-state index in [0.717, 1.165) is 18.5 Å². The first-order chi connectivity index (χ1) is 13.0. The molecule has 1 aromatic carbocycles. The van der Waals surface area contributed by atoms with Crippen molar-refractivity contribution in [1.29, 1.82) is 0 Å². The maximum atomic E-state index is 14.1. The Hall–Kier alpha value is -2.96. The van der Waals surface area contributed by atoms with Gasteiger partial charge >= 0.3 is 0 Å². The zero-order valence-electron chi connectivity index (χ0n) is 15.5. The van der Waals surface area contributed by atoms with Crippen molar-refractivity contribution in [1.82, 2.24) is 19.9 Å². The van der Waals surface area contributed by atoms with Crippen molar-refractivity contribution in [3.8, 4) is 17.0 Å². The summed E-state index contributed by atoms with van der Waals surface area (Å²) >= 11 is 0. The number of nitrogens with one attached hydrogen (secondary N) is 1. The molecule has 1 unspecified atom stereocenters. The highest BCUT2D eigenvalue weighted by Crippen LogP contribution is 2.33. The Kier molecular flexibility index (Phi) is 4.30. The third-order valence-corrected chi connectivity index (χ3v) is 5.03. The zero-order chi connectivity index (χ0) is 19.1. The summed E-state index contributed by atoms with van der Waals surface area (Å²) in [6.07, 6.45) is 3.82. The molecule has 140 valence electrons. The van der Waals surface area contributed by atoms with Gasteiger partial charge in [-0.05, 0) is 50.8 Å². The number of benzene rings is 1. The van der Waals surface area contributed by atoms with Crippen LogP contribution in [0, 0.1) is 18.7 Å². The number of fused-ring (bicyclic) bond motifs is 1. The van der Waals surface area contributed by atoms with E-state index in [1.54, 1.807) is 22.7 Å². The van der Waals surface area contributed by atoms with Crippen LogP contribution in [-0.4, -0.2) is 33.7 Å². The van der Waals surface area contributed by atoms with E-state index in [1.165, 1.54) is 19.4 Å². The van der Waals surface area contributed by atoms with Crippen LogP contribution in [0.25, 0.3) is 16.9 Å². The highest BCUT2D eigenvalue weighted by Gasteiger charge is 2.30. The number of amides is 1. The standard InChI is InChI=1S/C20H21FN4O2/c1-11-9-17(14-5-4-6-16(21)18(14)27-3)24-19-15(10-22-25(11)19)20(26)23-12(2)13-7-8-13/h4-6,9-10,12-13H,7-8H2,1-3H3,(H,23,26). The highest BCUT2D eigenvalue weighted by molar-refractivity contribution is 6.00. The Morgan fingerprint density at radius 1 is 1.41 bits per heavy atom. The van der Waals surface area contributed by atoms with Gasteiger partial charge in [0, 0.05) is 17.3 Å². The molecule has 1 amide bonds. The highest BCUT2D eigenvalue weighted by atomic mass is 19.1. The van der Waals surface area contributed by atoms with Gasteiger partial charge in [-0.25, -0.2) is 13.9 Å². The molecular formula is C20H21FN4O2. The average Bonchev–Trinajstić information content (AvgIpc) is 3.40. The minimum absolute atomic E-state index is 0.125. The first-order valence-electron chi connectivity index (χ1n) is 8.98. The quantitative estimate of drug-likeness (QED) is 0.750. The molecule has 0 aliphatic heterocycles. The van der Waals surface area contributed by atoms with Crippen molar-refractivity contribution in [3.05, 3.63) is 47.5 Å². The molecule has 6 nitrogen and oxygen atoms in total. The molecule has 1 N–H and O–H groups in total. The number of carbonyl (C=O) groups excluding carboxylic acids is 1. The first kappa shape index (κ1) is 17.5. The summed E-state index contributed by atoms with van der Waals surface area (Å²) in [4.78, 5) is 17.3. The number of rotatable bonds is 5. The number of halogens is 1. The molecule has 1 fully saturated rings. The zero-order valence-corrected chi connectivity index (χ0v) is 15.5. The molecule has 2 aromatic heterocycles. The Bertz CT molecular complexity index is 1030. The average molecular weight is 368 g/mol. The van der Waals surface area contributed by atoms with Crippen molar-refractivity contribution >= 4 is 11.6 Å². The van der Waals surface area contributed by atoms with Crippen LogP contribution in [-0.2, 0) is 0 Å². The Morgan fingerprint density at radius 2 is 2.19 bits per heavy atom. The van der Waals surface area contributed by atoms with Crippen LogP contribution in [0.2, 0.25) is 0 Å². The summed E-state index contributed by atoms with van der Waals surface area (Å²) < 4.78 is 20.9. The minimum Gasteiger partial charge on any atom is -0.493 e. The smallest absolute Gasteiger partial charge is 0.256 e. The van der Waals surface area contributed by atoms with Crippen LogP contribution in [0.4, 0.5) is 4.39 Å². The predicted octanol–water partition coefficient (Wildman–Crippen LogP) is 3.38. The van der Waals surface area contributed by atoms with E-state index in [4.69, 9.17) is 4.74 Å². The lowest BCUT2D eigenvalue weighted by atomic mass is 10.1. The number of hydrogen-bond donors (Lipinski definition) is 1. The van der Waals surface area contributed by atoms with Crippen molar-refractivity contribution in [2.45, 2.75) is 32.7 Å². The predicted molar refractivity (Wildman–Crippen MR) is 99.3 cm³/mol. The Labute approximate surface area is 156 Å². The molecule has 1 aliphatic carbocycles. The molecule has 4 rings (SSSR count). The summed E-state index contributed by atoms with van der Waals surface area (Å²) in [5.74, 6) is 0.0259. The van der Waals surface area contributed by atoms with E-state index in [1.807, 2.05) is 13.8 Å². The van der Waals surface area contributed by atoms with Crippen LogP contribution >= 0.6 is 0 Å². The van der Waals surface area contributed by atoms with Crippen LogP contribution in [0.1, 0.15) is 35.8 Å². The molecular weight excluding hydrogens is 347 g/mol. The largest absolute Gasteiger partial charge is 0.493 e. The molecule has 1 atom stereocenters. The van der Waals surface area contributed by atoms with Gasteiger partial charge < -0.3 is 10.1 Å². The van der Waals surface area contributed by atoms with Gasteiger partial charge in [0.25, 0.3) is 5.91 Å². The first-order valence-corrected chi connectivity index (χ1v) is 8.98. The van der Waals surface area contributed by atoms with Gasteiger partial charge in [-0.3, -0.25) is 4.79 Å². The van der Waals surface area contributed by atoms with Gasteiger partial charge in [0.1, 0.15) is 5.56 Å². The Balaban J connectivity index is 1.78. The third-order valence-electron chi connectivity index (χ3n) is 5.03. The van der Waals surface area contributed by atoms with Gasteiger partial charge in [0.2, 0.25) is 0 Å². The van der Waals surface area contributed by atoms with Crippen molar-refractivity contribution < 1.29 is 13.9 Å². The van der Waals surface area contributed by atoms with Crippen molar-refractivity contribution in [3.63, 3.8) is 0 Å². The molecule has 2 heterocycles. The number of methoxy groups -OCH3 is 1. The molecule has 27 heavy (non-hydrogen) atoms. The summed E-state index contributed by atoms with van der Waals surface area (Å²) in [6, 6.07) is 6.61. The number of hydrogen-bond acceptors (Lipinski definition) is 4. The fourth-order valence-electron chi connectivity index (χ4n) is 3.33. The van der Waals surface area contributed by atoms with E-state index in [2.05, 4.69) is 15.4 Å². The summed E-state index contributed by atoms with van der Waals surface area (Å²) in [5.41, 5.74) is 2.69. The van der Waals surface area contributed by atoms with Gasteiger partial charge in [-0.2, -0.15) is 5.10 Å². The molecule has 0 bridgehead atoms. The lowest BCUT2D eigenvalue weighted by molar-refractivity contribution is 0.0937. The topological polar surface area (TPSA) is 68.5 Å². The third kappa shape index (κ3) is 3.13. The molecule has 0 spiro atoms. The molecule has 0 radical (unpaired) electrons. The van der Waals surface area contributed by atoms with Crippen LogP contribution in [0.15, 0.2) is 30.5 Å². The van der Waals surface area contributed by atoms with E-state index in [-0.39, 0.29) is 17.7 Å². The van der Waals surface area contributed by atoms with Crippen molar-refractivity contribution in [2.24, 2.45) is 5.92 Å². The fraction of sp³-hybridized carbons (Fsp3) is 0.350. The summed E-state index contributed by atoms with van der Waals surface area (Å²) in [6.45, 7) is 3.88. The lowest BCUT2D eigenvalue weighted by Gasteiger charge is -2.13. The minimum atomic E-state index is -0.459. The van der Waals surface area contributed by atoms with Crippen LogP contribution in [0.3, 0.4) is 0 Å². The Morgan fingerprint density at radius 3 is 2.89 bits per heavy atom.